The number of carbonyl (C=O) groups is 1. The smallest absolute Gasteiger partial charge is 0.306 e. The van der Waals surface area contributed by atoms with Crippen LogP contribution in [0.2, 0.25) is 0 Å². The van der Waals surface area contributed by atoms with Crippen molar-refractivity contribution in [2.75, 3.05) is 12.4 Å². The molecule has 0 radical (unpaired) electrons. The quantitative estimate of drug-likeness (QED) is 0.112. The number of unbranched alkanes of at least 4 members (excludes halogenated alkanes) is 7. The van der Waals surface area contributed by atoms with Gasteiger partial charge in [0.25, 0.3) is 0 Å². The first-order valence-corrected chi connectivity index (χ1v) is 14.9. The fourth-order valence-electron chi connectivity index (χ4n) is 5.23. The summed E-state index contributed by atoms with van der Waals surface area (Å²) in [7, 11) is 0. The van der Waals surface area contributed by atoms with Crippen molar-refractivity contribution in [1.82, 2.24) is 0 Å². The first-order valence-electron chi connectivity index (χ1n) is 14.2. The number of phenols is 1. The lowest BCUT2D eigenvalue weighted by Gasteiger charge is -2.32. The first kappa shape index (κ1) is 31.9. The van der Waals surface area contributed by atoms with Crippen molar-refractivity contribution in [1.29, 1.82) is 0 Å². The summed E-state index contributed by atoms with van der Waals surface area (Å²) >= 11 is 4.05. The van der Waals surface area contributed by atoms with Gasteiger partial charge in [-0.3, -0.25) is 4.79 Å². The van der Waals surface area contributed by atoms with Crippen LogP contribution in [0.3, 0.4) is 0 Å². The first-order chi connectivity index (χ1) is 16.6. The zero-order valence-electron chi connectivity index (χ0n) is 23.7. The molecule has 3 nitrogen and oxygen atoms in total. The fourth-order valence-corrected chi connectivity index (χ4v) is 5.41. The molecule has 0 amide bonds. The van der Waals surface area contributed by atoms with Crippen LogP contribution >= 0.6 is 12.6 Å². The van der Waals surface area contributed by atoms with Crippen LogP contribution in [0.5, 0.6) is 5.75 Å². The van der Waals surface area contributed by atoms with Gasteiger partial charge in [0, 0.05) is 16.9 Å². The minimum atomic E-state index is -0.129. The standard InChI is InChI=1S/C31H54O3S/c1-7-19-30(3,4)26-23-25(24-27(29(26)33)31(5,6)20-8-2)17-15-13-11-9-10-12-14-16-21-34-28(32)18-22-35/h23-24,33,35H,7-22H2,1-6H3. The predicted molar refractivity (Wildman–Crippen MR) is 154 cm³/mol. The van der Waals surface area contributed by atoms with E-state index in [0.717, 1.165) is 56.1 Å². The summed E-state index contributed by atoms with van der Waals surface area (Å²) in [5.74, 6) is 0.958. The zero-order valence-corrected chi connectivity index (χ0v) is 24.6. The molecule has 0 spiro atoms. The van der Waals surface area contributed by atoms with Gasteiger partial charge >= 0.3 is 5.97 Å². The Morgan fingerprint density at radius 1 is 0.829 bits per heavy atom. The molecule has 0 saturated carbocycles. The number of carbonyl (C=O) groups excluding carboxylic acids is 1. The highest BCUT2D eigenvalue weighted by Crippen LogP contribution is 2.43. The summed E-state index contributed by atoms with van der Waals surface area (Å²) in [6, 6.07) is 4.58. The molecule has 202 valence electrons. The minimum absolute atomic E-state index is 0.0171. The molecule has 35 heavy (non-hydrogen) atoms. The molecule has 0 unspecified atom stereocenters. The number of rotatable bonds is 19. The van der Waals surface area contributed by atoms with Crippen LogP contribution in [-0.4, -0.2) is 23.4 Å². The van der Waals surface area contributed by atoms with E-state index < -0.39 is 0 Å². The summed E-state index contributed by atoms with van der Waals surface area (Å²) < 4.78 is 5.17. The minimum Gasteiger partial charge on any atom is -0.507 e. The van der Waals surface area contributed by atoms with Gasteiger partial charge in [0.05, 0.1) is 13.0 Å². The van der Waals surface area contributed by atoms with Crippen molar-refractivity contribution >= 4 is 18.6 Å². The van der Waals surface area contributed by atoms with Crippen molar-refractivity contribution < 1.29 is 14.6 Å². The van der Waals surface area contributed by atoms with Gasteiger partial charge in [-0.15, -0.1) is 0 Å². The van der Waals surface area contributed by atoms with Gasteiger partial charge in [0.1, 0.15) is 5.75 Å². The van der Waals surface area contributed by atoms with Crippen molar-refractivity contribution in [2.24, 2.45) is 0 Å². The Labute approximate surface area is 222 Å². The van der Waals surface area contributed by atoms with E-state index in [1.807, 2.05) is 0 Å². The third kappa shape index (κ3) is 11.6. The van der Waals surface area contributed by atoms with E-state index in [1.54, 1.807) is 0 Å². The van der Waals surface area contributed by atoms with E-state index in [9.17, 15) is 9.90 Å². The summed E-state index contributed by atoms with van der Waals surface area (Å²) in [4.78, 5) is 11.3. The molecule has 0 atom stereocenters. The van der Waals surface area contributed by atoms with Crippen LogP contribution in [0.15, 0.2) is 12.1 Å². The van der Waals surface area contributed by atoms with Gasteiger partial charge < -0.3 is 9.84 Å². The lowest BCUT2D eigenvalue weighted by molar-refractivity contribution is -0.143. The van der Waals surface area contributed by atoms with Crippen LogP contribution in [0.1, 0.15) is 142 Å². The third-order valence-electron chi connectivity index (χ3n) is 7.32. The highest BCUT2D eigenvalue weighted by atomic mass is 32.1. The largest absolute Gasteiger partial charge is 0.507 e. The van der Waals surface area contributed by atoms with Crippen LogP contribution in [0, 0.1) is 0 Å². The average Bonchev–Trinajstić information content (AvgIpc) is 2.78. The normalized spacial score (nSPS) is 12.2. The molecule has 0 fully saturated rings. The molecule has 4 heteroatoms. The highest BCUT2D eigenvalue weighted by Gasteiger charge is 2.30. The molecule has 0 aliphatic carbocycles. The second kappa shape index (κ2) is 16.6. The Hall–Kier alpha value is -1.16. The summed E-state index contributed by atoms with van der Waals surface area (Å²) in [6.07, 6.45) is 15.5. The van der Waals surface area contributed by atoms with E-state index in [0.29, 0.717) is 24.5 Å². The average molecular weight is 507 g/mol. The molecule has 1 N–H and O–H groups in total. The van der Waals surface area contributed by atoms with E-state index in [-0.39, 0.29) is 16.8 Å². The summed E-state index contributed by atoms with van der Waals surface area (Å²) in [5.41, 5.74) is 3.61. The van der Waals surface area contributed by atoms with E-state index in [1.165, 1.54) is 44.1 Å². The van der Waals surface area contributed by atoms with Crippen LogP contribution in [-0.2, 0) is 26.8 Å². The Morgan fingerprint density at radius 3 is 1.74 bits per heavy atom. The van der Waals surface area contributed by atoms with E-state index in [4.69, 9.17) is 4.74 Å². The number of aromatic hydroxyl groups is 1. The van der Waals surface area contributed by atoms with E-state index in [2.05, 4.69) is 66.3 Å². The van der Waals surface area contributed by atoms with Gasteiger partial charge in [-0.05, 0) is 48.5 Å². The van der Waals surface area contributed by atoms with Crippen molar-refractivity contribution in [3.8, 4) is 5.75 Å². The molecule has 0 aromatic heterocycles. The van der Waals surface area contributed by atoms with Gasteiger partial charge in [0.15, 0.2) is 0 Å². The maximum Gasteiger partial charge on any atom is 0.306 e. The molecule has 1 aromatic carbocycles. The van der Waals surface area contributed by atoms with Crippen molar-refractivity contribution in [2.45, 2.75) is 142 Å². The number of benzene rings is 1. The lowest BCUT2D eigenvalue weighted by Crippen LogP contribution is -2.22. The molecule has 1 rings (SSSR count). The number of hydrogen-bond acceptors (Lipinski definition) is 4. The van der Waals surface area contributed by atoms with Crippen molar-refractivity contribution in [3.05, 3.63) is 28.8 Å². The SMILES string of the molecule is CCCC(C)(C)c1cc(CCCCCCCCCCOC(=O)CCS)cc(C(C)(C)CCC)c1O. The molecular weight excluding hydrogens is 452 g/mol. The molecule has 1 aromatic rings. The zero-order chi connectivity index (χ0) is 26.3. The summed E-state index contributed by atoms with van der Waals surface area (Å²) in [5, 5.41) is 11.3. The number of ether oxygens (including phenoxy) is 1. The molecule has 0 aliphatic heterocycles. The number of phenolic OH excluding ortho intramolecular Hbond substituents is 1. The molecule has 0 saturated heterocycles. The second-order valence-electron chi connectivity index (χ2n) is 11.6. The number of hydrogen-bond donors (Lipinski definition) is 2. The Bertz CT molecular complexity index is 700. The number of aryl methyl sites for hydroxylation is 1. The third-order valence-corrected chi connectivity index (χ3v) is 7.54. The Kier molecular flexibility index (Phi) is 15.1. The lowest BCUT2D eigenvalue weighted by atomic mass is 9.73. The van der Waals surface area contributed by atoms with Gasteiger partial charge in [0.2, 0.25) is 0 Å². The molecule has 0 heterocycles. The summed E-state index contributed by atoms with van der Waals surface area (Å²) in [6.45, 7) is 14.1. The fraction of sp³-hybridized carbons (Fsp3) is 0.774. The van der Waals surface area contributed by atoms with Crippen LogP contribution in [0.4, 0.5) is 0 Å². The van der Waals surface area contributed by atoms with E-state index >= 15 is 0 Å². The van der Waals surface area contributed by atoms with Crippen LogP contribution < -0.4 is 0 Å². The maximum atomic E-state index is 11.3. The van der Waals surface area contributed by atoms with Gasteiger partial charge in [-0.25, -0.2) is 0 Å². The number of thiol groups is 1. The molecule has 0 aliphatic rings. The van der Waals surface area contributed by atoms with Gasteiger partial charge in [-0.2, -0.15) is 12.6 Å². The van der Waals surface area contributed by atoms with Crippen molar-refractivity contribution in [3.63, 3.8) is 0 Å². The highest BCUT2D eigenvalue weighted by molar-refractivity contribution is 7.80. The Morgan fingerprint density at radius 2 is 1.29 bits per heavy atom. The molecular formula is C31H54O3S. The van der Waals surface area contributed by atoms with Crippen LogP contribution in [0.25, 0.3) is 0 Å². The monoisotopic (exact) mass is 506 g/mol. The Balaban J connectivity index is 2.55. The van der Waals surface area contributed by atoms with Gasteiger partial charge in [-0.1, -0.05) is 105 Å². The topological polar surface area (TPSA) is 46.5 Å². The maximum absolute atomic E-state index is 11.3. The predicted octanol–water partition coefficient (Wildman–Crippen LogP) is 9.07. The molecule has 0 bridgehead atoms. The second-order valence-corrected chi connectivity index (χ2v) is 12.0. The number of esters is 1.